The van der Waals surface area contributed by atoms with Crippen LogP contribution in [0, 0.1) is 0 Å². The van der Waals surface area contributed by atoms with Crippen molar-refractivity contribution >= 4 is 11.9 Å². The Bertz CT molecular complexity index is 692. The second-order valence-corrected chi connectivity index (χ2v) is 4.41. The summed E-state index contributed by atoms with van der Waals surface area (Å²) in [4.78, 5) is 12.1. The van der Waals surface area contributed by atoms with Crippen LogP contribution in [0.3, 0.4) is 0 Å². The van der Waals surface area contributed by atoms with Crippen molar-refractivity contribution in [3.63, 3.8) is 0 Å². The monoisotopic (exact) mass is 287 g/mol. The highest BCUT2D eigenvalue weighted by molar-refractivity contribution is 5.91. The van der Waals surface area contributed by atoms with Crippen molar-refractivity contribution in [3.8, 4) is 5.75 Å². The number of benzene rings is 1. The van der Waals surface area contributed by atoms with Crippen molar-refractivity contribution in [1.82, 2.24) is 20.2 Å². The molecule has 0 amide bonds. The van der Waals surface area contributed by atoms with E-state index in [1.165, 1.54) is 4.68 Å². The minimum atomic E-state index is -0.504. The fraction of sp³-hybridized carbons (Fsp3) is 0.231. The second kappa shape index (κ2) is 5.23. The molecule has 0 saturated carbocycles. The van der Waals surface area contributed by atoms with Crippen LogP contribution >= 0.6 is 0 Å². The number of hydrogen-bond acceptors (Lipinski definition) is 7. The molecule has 0 spiro atoms. The number of ether oxygens (including phenoxy) is 1. The second-order valence-electron chi connectivity index (χ2n) is 4.41. The number of anilines is 1. The molecular formula is C13H13N5O3. The number of fused-ring (bicyclic) bond motifs is 1. The Morgan fingerprint density at radius 2 is 2.19 bits per heavy atom. The molecule has 0 unspecified atom stereocenters. The SMILES string of the molecule is CCOC(=O)C1=CNc2nnnn2[C@H]1c1ccc(O)cc1. The number of nitrogens with one attached hydrogen (secondary N) is 1. The van der Waals surface area contributed by atoms with Gasteiger partial charge in [0.25, 0.3) is 0 Å². The van der Waals surface area contributed by atoms with Crippen molar-refractivity contribution in [1.29, 1.82) is 0 Å². The molecule has 1 aliphatic heterocycles. The summed E-state index contributed by atoms with van der Waals surface area (Å²) in [6.45, 7) is 2.02. The third-order valence-corrected chi connectivity index (χ3v) is 3.11. The van der Waals surface area contributed by atoms with Crippen molar-refractivity contribution in [2.75, 3.05) is 11.9 Å². The van der Waals surface area contributed by atoms with Gasteiger partial charge in [-0.05, 0) is 35.0 Å². The third kappa shape index (κ3) is 2.31. The lowest BCUT2D eigenvalue weighted by molar-refractivity contribution is -0.139. The maximum Gasteiger partial charge on any atom is 0.338 e. The van der Waals surface area contributed by atoms with E-state index in [0.29, 0.717) is 11.5 Å². The molecule has 8 heteroatoms. The van der Waals surface area contributed by atoms with Crippen LogP contribution in [0.1, 0.15) is 18.5 Å². The Labute approximate surface area is 120 Å². The summed E-state index contributed by atoms with van der Waals surface area (Å²) in [6, 6.07) is 6.01. The first-order chi connectivity index (χ1) is 10.2. The Morgan fingerprint density at radius 1 is 1.43 bits per heavy atom. The molecular weight excluding hydrogens is 274 g/mol. The van der Waals surface area contributed by atoms with Crippen LogP contribution in [-0.2, 0) is 9.53 Å². The van der Waals surface area contributed by atoms with Gasteiger partial charge in [0.05, 0.1) is 12.2 Å². The first kappa shape index (κ1) is 13.1. The number of aromatic hydroxyl groups is 1. The molecule has 1 atom stereocenters. The standard InChI is InChI=1S/C13H13N5O3/c1-2-21-12(20)10-7-14-13-15-16-17-18(13)11(10)8-3-5-9(19)6-4-8/h3-7,11,19H,2H2,1H3,(H,14,15,17)/t11-/m0/s1. The van der Waals surface area contributed by atoms with Gasteiger partial charge in [-0.3, -0.25) is 0 Å². The van der Waals surface area contributed by atoms with Gasteiger partial charge < -0.3 is 15.2 Å². The normalized spacial score (nSPS) is 16.6. The Balaban J connectivity index is 2.05. The Morgan fingerprint density at radius 3 is 2.90 bits per heavy atom. The summed E-state index contributed by atoms with van der Waals surface area (Å²) in [5, 5.41) is 23.6. The smallest absolute Gasteiger partial charge is 0.338 e. The molecule has 108 valence electrons. The molecule has 0 bridgehead atoms. The minimum absolute atomic E-state index is 0.145. The van der Waals surface area contributed by atoms with Gasteiger partial charge in [0.1, 0.15) is 11.8 Å². The number of carbonyl (C=O) groups excluding carboxylic acids is 1. The number of aromatic nitrogens is 4. The van der Waals surface area contributed by atoms with E-state index in [4.69, 9.17) is 4.74 Å². The van der Waals surface area contributed by atoms with Gasteiger partial charge in [-0.25, -0.2) is 4.79 Å². The lowest BCUT2D eigenvalue weighted by atomic mass is 9.98. The largest absolute Gasteiger partial charge is 0.508 e. The van der Waals surface area contributed by atoms with Gasteiger partial charge in [-0.2, -0.15) is 4.68 Å². The molecule has 0 aliphatic carbocycles. The van der Waals surface area contributed by atoms with Gasteiger partial charge in [0.15, 0.2) is 0 Å². The molecule has 3 rings (SSSR count). The van der Waals surface area contributed by atoms with Gasteiger partial charge in [0, 0.05) is 6.20 Å². The Kier molecular flexibility index (Phi) is 3.27. The number of tetrazole rings is 1. The average molecular weight is 287 g/mol. The molecule has 2 aromatic rings. The van der Waals surface area contributed by atoms with Gasteiger partial charge in [-0.1, -0.05) is 17.2 Å². The molecule has 1 aliphatic rings. The van der Waals surface area contributed by atoms with Crippen LogP contribution in [0.4, 0.5) is 5.95 Å². The highest BCUT2D eigenvalue weighted by Gasteiger charge is 2.32. The molecule has 0 fully saturated rings. The summed E-state index contributed by atoms with van der Waals surface area (Å²) in [5.41, 5.74) is 1.16. The van der Waals surface area contributed by atoms with E-state index in [2.05, 4.69) is 20.8 Å². The first-order valence-corrected chi connectivity index (χ1v) is 6.41. The van der Waals surface area contributed by atoms with Crippen LogP contribution in [0.15, 0.2) is 36.0 Å². The van der Waals surface area contributed by atoms with Crippen LogP contribution in [0.5, 0.6) is 5.75 Å². The zero-order valence-corrected chi connectivity index (χ0v) is 11.2. The van der Waals surface area contributed by atoms with Crippen LogP contribution in [-0.4, -0.2) is 37.9 Å². The molecule has 0 radical (unpaired) electrons. The number of phenols is 1. The number of carbonyl (C=O) groups is 1. The average Bonchev–Trinajstić information content (AvgIpc) is 2.96. The van der Waals surface area contributed by atoms with Gasteiger partial charge in [0.2, 0.25) is 5.95 Å². The molecule has 0 saturated heterocycles. The molecule has 1 aromatic heterocycles. The summed E-state index contributed by atoms with van der Waals surface area (Å²) in [7, 11) is 0. The quantitative estimate of drug-likeness (QED) is 0.806. The molecule has 8 nitrogen and oxygen atoms in total. The maximum absolute atomic E-state index is 12.1. The molecule has 2 heterocycles. The van der Waals surface area contributed by atoms with E-state index >= 15 is 0 Å². The van der Waals surface area contributed by atoms with Crippen LogP contribution in [0.25, 0.3) is 0 Å². The molecule has 2 N–H and O–H groups in total. The summed E-state index contributed by atoms with van der Waals surface area (Å²) in [5.74, 6) is 0.136. The summed E-state index contributed by atoms with van der Waals surface area (Å²) >= 11 is 0. The topological polar surface area (TPSA) is 102 Å². The van der Waals surface area contributed by atoms with Gasteiger partial charge in [-0.15, -0.1) is 0 Å². The Hall–Kier alpha value is -2.90. The lowest BCUT2D eigenvalue weighted by Crippen LogP contribution is -2.27. The molecule has 1 aromatic carbocycles. The van der Waals surface area contributed by atoms with Crippen molar-refractivity contribution in [3.05, 3.63) is 41.6 Å². The number of esters is 1. The summed E-state index contributed by atoms with van der Waals surface area (Å²) in [6.07, 6.45) is 1.54. The zero-order valence-electron chi connectivity index (χ0n) is 11.2. The summed E-state index contributed by atoms with van der Waals surface area (Å²) < 4.78 is 6.57. The number of hydrogen-bond donors (Lipinski definition) is 2. The minimum Gasteiger partial charge on any atom is -0.508 e. The number of phenolic OH excluding ortho intramolecular Hbond substituents is 1. The van der Waals surface area contributed by atoms with E-state index in [9.17, 15) is 9.90 Å². The lowest BCUT2D eigenvalue weighted by Gasteiger charge is -2.24. The number of nitrogens with zero attached hydrogens (tertiary/aromatic N) is 4. The highest BCUT2D eigenvalue weighted by atomic mass is 16.5. The maximum atomic E-state index is 12.1. The van der Waals surface area contributed by atoms with E-state index < -0.39 is 12.0 Å². The van der Waals surface area contributed by atoms with Crippen molar-refractivity contribution in [2.45, 2.75) is 13.0 Å². The predicted molar refractivity (Wildman–Crippen MR) is 72.4 cm³/mol. The van der Waals surface area contributed by atoms with E-state index in [0.717, 1.165) is 5.56 Å². The van der Waals surface area contributed by atoms with Crippen LogP contribution < -0.4 is 5.32 Å². The van der Waals surface area contributed by atoms with E-state index in [-0.39, 0.29) is 12.4 Å². The van der Waals surface area contributed by atoms with Gasteiger partial charge >= 0.3 is 5.97 Å². The van der Waals surface area contributed by atoms with E-state index in [1.54, 1.807) is 37.4 Å². The van der Waals surface area contributed by atoms with E-state index in [1.807, 2.05) is 0 Å². The van der Waals surface area contributed by atoms with Crippen molar-refractivity contribution in [2.24, 2.45) is 0 Å². The number of rotatable bonds is 3. The zero-order chi connectivity index (χ0) is 14.8. The first-order valence-electron chi connectivity index (χ1n) is 6.41. The predicted octanol–water partition coefficient (Wildman–Crippen LogP) is 0.841. The fourth-order valence-electron chi connectivity index (χ4n) is 2.18. The van der Waals surface area contributed by atoms with Crippen molar-refractivity contribution < 1.29 is 14.6 Å². The molecule has 21 heavy (non-hydrogen) atoms. The fourth-order valence-corrected chi connectivity index (χ4v) is 2.18. The van der Waals surface area contributed by atoms with Crippen LogP contribution in [0.2, 0.25) is 0 Å². The highest BCUT2D eigenvalue weighted by Crippen LogP contribution is 2.32. The third-order valence-electron chi connectivity index (χ3n) is 3.11.